The van der Waals surface area contributed by atoms with E-state index in [0.717, 1.165) is 113 Å². The number of anilines is 11. The second-order valence-electron chi connectivity index (χ2n) is 28.3. The van der Waals surface area contributed by atoms with Crippen molar-refractivity contribution in [3.8, 4) is 23.0 Å². The van der Waals surface area contributed by atoms with Gasteiger partial charge in [-0.1, -0.05) is 73.4 Å². The summed E-state index contributed by atoms with van der Waals surface area (Å²) in [5.41, 5.74) is 2.20. The first-order chi connectivity index (χ1) is 50.2. The van der Waals surface area contributed by atoms with Crippen molar-refractivity contribution < 1.29 is 57.2 Å². The van der Waals surface area contributed by atoms with Crippen LogP contribution in [0.4, 0.5) is 77.5 Å². The molecular weight excluding hydrogens is 1440 g/mol. The number of halogens is 4. The number of carbonyl (C=O) groups excluding carboxylic acids is 6. The summed E-state index contributed by atoms with van der Waals surface area (Å²) in [6, 6.07) is 16.3. The maximum absolute atomic E-state index is 14.6. The van der Waals surface area contributed by atoms with Crippen LogP contribution in [0.15, 0.2) is 98.6 Å². The number of hydrogen-bond donors (Lipinski definition) is 3. The van der Waals surface area contributed by atoms with E-state index in [-0.39, 0.29) is 83.9 Å². The predicted octanol–water partition coefficient (Wildman–Crippen LogP) is 14.7. The normalized spacial score (nSPS) is 17.1. The second kappa shape index (κ2) is 34.0. The molecule has 2 atom stereocenters. The van der Waals surface area contributed by atoms with Crippen LogP contribution < -0.4 is 64.3 Å². The number of methoxy groups -OCH3 is 4. The molecule has 4 aromatic carbocycles. The largest absolute Gasteiger partial charge is 0.495 e. The fourth-order valence-electron chi connectivity index (χ4n) is 13.3. The molecule has 2 spiro atoms. The first-order valence-electron chi connectivity index (χ1n) is 34.5. The summed E-state index contributed by atoms with van der Waals surface area (Å²) < 4.78 is 33.0. The average Bonchev–Trinajstić information content (AvgIpc) is 1.72. The minimum Gasteiger partial charge on any atom is -0.495 e. The van der Waals surface area contributed by atoms with E-state index in [1.165, 1.54) is 76.2 Å². The van der Waals surface area contributed by atoms with Gasteiger partial charge >= 0.3 is 18.2 Å². The predicted molar refractivity (Wildman–Crippen MR) is 417 cm³/mol. The van der Waals surface area contributed by atoms with Crippen molar-refractivity contribution in [3.05, 3.63) is 124 Å². The lowest BCUT2D eigenvalue weighted by Crippen LogP contribution is -2.48. The summed E-state index contributed by atoms with van der Waals surface area (Å²) in [6.45, 7) is 31.7. The van der Waals surface area contributed by atoms with Crippen molar-refractivity contribution in [1.29, 1.82) is 0 Å². The zero-order valence-corrected chi connectivity index (χ0v) is 65.4. The molecule has 2 unspecified atom stereocenters. The molecule has 106 heavy (non-hydrogen) atoms. The average molecular weight is 1540 g/mol. The lowest BCUT2D eigenvalue weighted by Gasteiger charge is -2.31. The molecule has 7 amide bonds. The number of likely N-dealkylation sites (tertiary alicyclic amines) is 2. The molecule has 4 saturated heterocycles. The molecule has 10 rings (SSSR count). The number of urea groups is 1. The molecule has 0 saturated carbocycles. The summed E-state index contributed by atoms with van der Waals surface area (Å²) in [5.74, 6) is 0.327. The number of nitrogens with one attached hydrogen (secondary N) is 3. The number of nitrogens with zero attached hydrogens (tertiary/aromatic N) is 12. The molecule has 6 aromatic rings. The number of likely N-dealkylation sites (N-methyl/N-ethyl adjacent to an activating group) is 1. The van der Waals surface area contributed by atoms with Crippen LogP contribution in [0.25, 0.3) is 0 Å². The van der Waals surface area contributed by atoms with E-state index >= 15 is 0 Å². The SMILES string of the molecule is C=CC(=O)Nc1cc(N2CCC3(CCN(CC)C3)C2)ccc1N(C(=O)OC(C)(C)C)c1cc(N(C)C(=O)N(C(=O)OC(C)(C)C)c2c(Cl)c(OC)cc(OC)c2Cl)ncn1.C=CC(=O)Nc1cc(N2CCC3(CCN(CC)C3)C2)ccc1Nc1cc(N(C)C(=O)Cc2c(Cl)c(OC)cc(OC)c2Cl)ncn1. The molecular formula is C75H93Cl4N15O12. The van der Waals surface area contributed by atoms with E-state index < -0.39 is 35.3 Å². The Balaban J connectivity index is 0.000000254. The van der Waals surface area contributed by atoms with E-state index in [1.54, 1.807) is 66.8 Å². The highest BCUT2D eigenvalue weighted by atomic mass is 35.5. The maximum Gasteiger partial charge on any atom is 0.423 e. The summed E-state index contributed by atoms with van der Waals surface area (Å²) >= 11 is 26.4. The van der Waals surface area contributed by atoms with Crippen molar-refractivity contribution in [2.24, 2.45) is 10.8 Å². The number of benzene rings is 4. The third-order valence-electron chi connectivity index (χ3n) is 18.9. The lowest BCUT2D eigenvalue weighted by molar-refractivity contribution is -0.117. The first kappa shape index (κ1) is 80.7. The van der Waals surface area contributed by atoms with Crippen LogP contribution in [0.5, 0.6) is 23.0 Å². The zero-order valence-electron chi connectivity index (χ0n) is 62.4. The van der Waals surface area contributed by atoms with E-state index in [0.29, 0.717) is 50.4 Å². The molecule has 2 aromatic heterocycles. The monoisotopic (exact) mass is 1540 g/mol. The van der Waals surface area contributed by atoms with Gasteiger partial charge < -0.3 is 64.0 Å². The highest BCUT2D eigenvalue weighted by Gasteiger charge is 2.45. The molecule has 6 heterocycles. The van der Waals surface area contributed by atoms with E-state index in [4.69, 9.17) is 74.8 Å². The number of aromatic nitrogens is 4. The summed E-state index contributed by atoms with van der Waals surface area (Å²) in [7, 11) is 8.60. The van der Waals surface area contributed by atoms with E-state index in [9.17, 15) is 28.8 Å². The van der Waals surface area contributed by atoms with Crippen LogP contribution in [-0.2, 0) is 30.3 Å². The van der Waals surface area contributed by atoms with Gasteiger partial charge in [0.2, 0.25) is 17.7 Å². The van der Waals surface area contributed by atoms with Gasteiger partial charge in [-0.3, -0.25) is 24.2 Å². The van der Waals surface area contributed by atoms with Gasteiger partial charge in [-0.05, 0) is 142 Å². The topological polar surface area (TPSA) is 271 Å². The van der Waals surface area contributed by atoms with Crippen LogP contribution in [0.3, 0.4) is 0 Å². The van der Waals surface area contributed by atoms with Gasteiger partial charge in [0.05, 0.1) is 67.7 Å². The number of rotatable bonds is 21. The van der Waals surface area contributed by atoms with Gasteiger partial charge in [-0.25, -0.2) is 39.2 Å². The minimum absolute atomic E-state index is 0.0376. The minimum atomic E-state index is -1.12. The third-order valence-corrected chi connectivity index (χ3v) is 20.4. The Hall–Kier alpha value is -9.38. The molecule has 4 fully saturated rings. The van der Waals surface area contributed by atoms with Crippen molar-refractivity contribution in [2.45, 2.75) is 98.7 Å². The van der Waals surface area contributed by atoms with Crippen LogP contribution in [-0.4, -0.2) is 185 Å². The Morgan fingerprint density at radius 3 is 1.49 bits per heavy atom. The second-order valence-corrected chi connectivity index (χ2v) is 29.8. The number of carbonyl (C=O) groups is 6. The molecule has 27 nitrogen and oxygen atoms in total. The van der Waals surface area contributed by atoms with Gasteiger partial charge in [0.15, 0.2) is 0 Å². The smallest absolute Gasteiger partial charge is 0.423 e. The van der Waals surface area contributed by atoms with Crippen LogP contribution in [0.2, 0.25) is 20.1 Å². The number of imide groups is 1. The number of ether oxygens (including phenoxy) is 6. The zero-order chi connectivity index (χ0) is 77.3. The van der Waals surface area contributed by atoms with Crippen LogP contribution in [0, 0.1) is 10.8 Å². The molecule has 3 N–H and O–H groups in total. The van der Waals surface area contributed by atoms with Gasteiger partial charge in [0.1, 0.15) is 85.9 Å². The third kappa shape index (κ3) is 18.7. The van der Waals surface area contributed by atoms with E-state index in [2.05, 4.69) is 82.5 Å². The maximum atomic E-state index is 14.6. The number of amides is 7. The van der Waals surface area contributed by atoms with Crippen molar-refractivity contribution in [1.82, 2.24) is 29.7 Å². The Morgan fingerprint density at radius 1 is 0.547 bits per heavy atom. The molecule has 4 aliphatic heterocycles. The Bertz CT molecular complexity index is 4260. The molecule has 31 heteroatoms. The number of hydrogen-bond acceptors (Lipinski definition) is 21. The first-order valence-corrected chi connectivity index (χ1v) is 36.1. The molecule has 0 aliphatic carbocycles. The van der Waals surface area contributed by atoms with E-state index in [1.807, 2.05) is 30.3 Å². The highest BCUT2D eigenvalue weighted by Crippen LogP contribution is 2.49. The van der Waals surface area contributed by atoms with Crippen LogP contribution in [0.1, 0.15) is 86.6 Å². The molecule has 4 aliphatic rings. The fraction of sp³-hybridized carbons (Fsp3) is 0.440. The summed E-state index contributed by atoms with van der Waals surface area (Å²) in [5, 5.41) is 9.17. The highest BCUT2D eigenvalue weighted by molar-refractivity contribution is 6.43. The Kier molecular flexibility index (Phi) is 25.9. The Morgan fingerprint density at radius 2 is 1.00 bits per heavy atom. The van der Waals surface area contributed by atoms with Crippen molar-refractivity contribution in [3.63, 3.8) is 0 Å². The lowest BCUT2D eigenvalue weighted by atomic mass is 9.86. The molecule has 0 bridgehead atoms. The van der Waals surface area contributed by atoms with Crippen molar-refractivity contribution >= 4 is 145 Å². The molecule has 568 valence electrons. The molecule has 0 radical (unpaired) electrons. The van der Waals surface area contributed by atoms with Crippen LogP contribution >= 0.6 is 46.4 Å². The standard InChI is InChI=1S/C42H54Cl2N8O8.C33H39Cl2N7O4/c1-12-33(53)47-27-20-26(50-19-17-42(24-50)16-18-49(13-2)23-42)14-15-28(27)51(38(55)59-40(3,4)5)32-22-31(45-25-46-32)48(9)37(54)52(39(56)60-41(6,7)8)36-34(43)29(57-10)21-30(58-11)35(36)44;1-6-29(43)39-24-14-21(42-13-11-33(19-42)10-12-41(7-2)18-33)8-9-23(24)38-27-17-28(37-20-36-27)40(3)30(44)15-22-31(34)25(45-4)16-26(46-5)32(22)35/h12,14-15,20-22,25H,1,13,16-19,23-24H2,2-11H3,(H,47,53);6,8-9,14,16-17,20H,1,7,10-13,15,18-19H2,2-5H3,(H,39,43)(H,36,37,38). The van der Waals surface area contributed by atoms with Crippen molar-refractivity contribution in [2.75, 3.05) is 153 Å². The van der Waals surface area contributed by atoms with Gasteiger partial charge in [0.25, 0.3) is 0 Å². The quantitative estimate of drug-likeness (QED) is 0.0565. The van der Waals surface area contributed by atoms with Gasteiger partial charge in [0, 0.05) is 105 Å². The fourth-order valence-corrected chi connectivity index (χ4v) is 14.6. The summed E-state index contributed by atoms with van der Waals surface area (Å²) in [6.07, 6.45) is 7.28. The van der Waals surface area contributed by atoms with Gasteiger partial charge in [-0.2, -0.15) is 4.90 Å². The van der Waals surface area contributed by atoms with Gasteiger partial charge in [-0.15, -0.1) is 0 Å². The summed E-state index contributed by atoms with van der Waals surface area (Å²) in [4.78, 5) is 113. The Labute approximate surface area is 638 Å².